The monoisotopic (exact) mass is 481 g/mol. The zero-order valence-electron chi connectivity index (χ0n) is 18.6. The van der Waals surface area contributed by atoms with E-state index in [2.05, 4.69) is 16.0 Å². The lowest BCUT2D eigenvalue weighted by Crippen LogP contribution is -2.56. The highest BCUT2D eigenvalue weighted by molar-refractivity contribution is 7.98. The molecule has 182 valence electrons. The first-order chi connectivity index (χ1) is 15.5. The predicted octanol–water partition coefficient (Wildman–Crippen LogP) is -1.26. The van der Waals surface area contributed by atoms with Crippen LogP contribution in [0.15, 0.2) is 30.3 Å². The largest absolute Gasteiger partial charge is 0.480 e. The van der Waals surface area contributed by atoms with Crippen molar-refractivity contribution < 1.29 is 29.1 Å². The second-order valence-electron chi connectivity index (χ2n) is 7.44. The summed E-state index contributed by atoms with van der Waals surface area (Å²) in [5.74, 6) is -3.77. The summed E-state index contributed by atoms with van der Waals surface area (Å²) in [7, 11) is 0. The smallest absolute Gasteiger partial charge is 0.326 e. The van der Waals surface area contributed by atoms with Crippen LogP contribution >= 0.6 is 11.8 Å². The van der Waals surface area contributed by atoms with Crippen LogP contribution in [-0.4, -0.2) is 70.9 Å². The van der Waals surface area contributed by atoms with E-state index in [4.69, 9.17) is 11.5 Å². The Balaban J connectivity index is 2.73. The molecule has 0 aliphatic carbocycles. The minimum atomic E-state index is -1.52. The lowest BCUT2D eigenvalue weighted by Gasteiger charge is -2.23. The molecule has 33 heavy (non-hydrogen) atoms. The summed E-state index contributed by atoms with van der Waals surface area (Å²) in [6.45, 7) is 1.44. The Hall–Kier alpha value is -3.12. The predicted molar refractivity (Wildman–Crippen MR) is 124 cm³/mol. The highest BCUT2D eigenvalue weighted by atomic mass is 32.2. The Labute approximate surface area is 196 Å². The minimum absolute atomic E-state index is 0.204. The third-order valence-corrected chi connectivity index (χ3v) is 5.29. The van der Waals surface area contributed by atoms with E-state index in [1.54, 1.807) is 6.26 Å². The fraction of sp³-hybridized carbons (Fsp3) is 0.476. The molecule has 0 aromatic heterocycles. The molecule has 0 bridgehead atoms. The molecule has 4 amide bonds. The third kappa shape index (κ3) is 10.4. The first-order valence-corrected chi connectivity index (χ1v) is 11.6. The number of nitrogens with one attached hydrogen (secondary N) is 3. The van der Waals surface area contributed by atoms with Gasteiger partial charge in [-0.05, 0) is 37.3 Å². The average Bonchev–Trinajstić information content (AvgIpc) is 2.75. The number of carbonyl (C=O) groups is 5. The van der Waals surface area contributed by atoms with Crippen LogP contribution in [0.25, 0.3) is 0 Å². The van der Waals surface area contributed by atoms with Crippen LogP contribution in [0.3, 0.4) is 0 Å². The van der Waals surface area contributed by atoms with Gasteiger partial charge < -0.3 is 32.5 Å². The van der Waals surface area contributed by atoms with Crippen molar-refractivity contribution in [3.63, 3.8) is 0 Å². The molecular weight excluding hydrogens is 450 g/mol. The number of carbonyl (C=O) groups excluding carboxylic acids is 4. The Bertz CT molecular complexity index is 838. The topological polar surface area (TPSA) is 194 Å². The molecule has 4 unspecified atom stereocenters. The molecule has 0 radical (unpaired) electrons. The van der Waals surface area contributed by atoms with Crippen molar-refractivity contribution in [2.24, 2.45) is 11.5 Å². The number of rotatable bonds is 14. The molecule has 1 rings (SSSR count). The van der Waals surface area contributed by atoms with Crippen molar-refractivity contribution in [2.75, 3.05) is 12.0 Å². The quantitative estimate of drug-likeness (QED) is 0.189. The number of benzene rings is 1. The Morgan fingerprint density at radius 2 is 1.58 bits per heavy atom. The van der Waals surface area contributed by atoms with Gasteiger partial charge in [0.1, 0.15) is 18.1 Å². The molecule has 0 aliphatic heterocycles. The van der Waals surface area contributed by atoms with Gasteiger partial charge in [-0.2, -0.15) is 11.8 Å². The van der Waals surface area contributed by atoms with Gasteiger partial charge in [-0.1, -0.05) is 30.3 Å². The van der Waals surface area contributed by atoms with Crippen LogP contribution in [0, 0.1) is 0 Å². The number of hydrogen-bond donors (Lipinski definition) is 6. The van der Waals surface area contributed by atoms with Crippen LogP contribution in [0.4, 0.5) is 0 Å². The van der Waals surface area contributed by atoms with Crippen LogP contribution in [-0.2, 0) is 30.4 Å². The Morgan fingerprint density at radius 1 is 0.970 bits per heavy atom. The van der Waals surface area contributed by atoms with E-state index in [0.717, 1.165) is 5.56 Å². The molecule has 4 atom stereocenters. The maximum Gasteiger partial charge on any atom is 0.326 e. The summed E-state index contributed by atoms with van der Waals surface area (Å²) in [4.78, 5) is 59.9. The lowest BCUT2D eigenvalue weighted by atomic mass is 10.1. The second-order valence-corrected chi connectivity index (χ2v) is 8.42. The van der Waals surface area contributed by atoms with Crippen molar-refractivity contribution in [2.45, 2.75) is 50.4 Å². The van der Waals surface area contributed by atoms with Gasteiger partial charge in [-0.15, -0.1) is 0 Å². The van der Waals surface area contributed by atoms with Gasteiger partial charge in [0.2, 0.25) is 23.6 Å². The summed E-state index contributed by atoms with van der Waals surface area (Å²) in [5.41, 5.74) is 11.8. The first kappa shape index (κ1) is 27.9. The number of amides is 4. The lowest BCUT2D eigenvalue weighted by molar-refractivity contribution is -0.143. The van der Waals surface area contributed by atoms with Gasteiger partial charge in [0, 0.05) is 0 Å². The number of primary amides is 1. The average molecular weight is 482 g/mol. The van der Waals surface area contributed by atoms with Gasteiger partial charge in [0.25, 0.3) is 0 Å². The molecule has 0 saturated carbocycles. The molecule has 0 fully saturated rings. The van der Waals surface area contributed by atoms with E-state index in [9.17, 15) is 29.1 Å². The maximum atomic E-state index is 12.6. The summed E-state index contributed by atoms with van der Waals surface area (Å²) in [6.07, 6.45) is 1.71. The number of hydrogen-bond acceptors (Lipinski definition) is 7. The summed E-state index contributed by atoms with van der Waals surface area (Å²) in [6, 6.07) is 4.71. The summed E-state index contributed by atoms with van der Waals surface area (Å²) in [5, 5.41) is 16.4. The molecule has 12 heteroatoms. The zero-order chi connectivity index (χ0) is 25.0. The standard InChI is InChI=1S/C21H31N5O6S/c1-12(24-19(29)14(22)10-13-6-4-3-5-7-13)18(28)25-15(8-9-33-2)20(30)26-16(21(31)32)11-17(23)27/h3-7,12,14-16H,8-11,22H2,1-2H3,(H2,23,27)(H,24,29)(H,25,28)(H,26,30)(H,31,32). The molecule has 0 saturated heterocycles. The van der Waals surface area contributed by atoms with E-state index in [1.807, 2.05) is 30.3 Å². The van der Waals surface area contributed by atoms with Crippen molar-refractivity contribution in [1.29, 1.82) is 0 Å². The molecule has 8 N–H and O–H groups in total. The minimum Gasteiger partial charge on any atom is -0.480 e. The highest BCUT2D eigenvalue weighted by Gasteiger charge is 2.29. The molecule has 1 aromatic rings. The molecule has 0 heterocycles. The van der Waals surface area contributed by atoms with Gasteiger partial charge >= 0.3 is 5.97 Å². The highest BCUT2D eigenvalue weighted by Crippen LogP contribution is 2.05. The van der Waals surface area contributed by atoms with Crippen molar-refractivity contribution >= 4 is 41.4 Å². The summed E-state index contributed by atoms with van der Waals surface area (Å²) < 4.78 is 0. The number of carboxylic acids is 1. The van der Waals surface area contributed by atoms with Crippen LogP contribution in [0.1, 0.15) is 25.3 Å². The number of carboxylic acid groups (broad SMARTS) is 1. The van der Waals surface area contributed by atoms with Crippen LogP contribution in [0.2, 0.25) is 0 Å². The van der Waals surface area contributed by atoms with Gasteiger partial charge in [0.15, 0.2) is 0 Å². The van der Waals surface area contributed by atoms with E-state index in [1.165, 1.54) is 18.7 Å². The van der Waals surface area contributed by atoms with Crippen molar-refractivity contribution in [3.05, 3.63) is 35.9 Å². The SMILES string of the molecule is CSCCC(NC(=O)C(C)NC(=O)C(N)Cc1ccccc1)C(=O)NC(CC(N)=O)C(=O)O. The van der Waals surface area contributed by atoms with Crippen LogP contribution in [0.5, 0.6) is 0 Å². The normalized spacial score (nSPS) is 14.3. The first-order valence-electron chi connectivity index (χ1n) is 10.3. The van der Waals surface area contributed by atoms with E-state index in [-0.39, 0.29) is 12.8 Å². The fourth-order valence-corrected chi connectivity index (χ4v) is 3.29. The zero-order valence-corrected chi connectivity index (χ0v) is 19.4. The van der Waals surface area contributed by atoms with E-state index >= 15 is 0 Å². The molecule has 0 spiro atoms. The van der Waals surface area contributed by atoms with E-state index < -0.39 is 60.2 Å². The molecular formula is C21H31N5O6S. The molecule has 1 aromatic carbocycles. The number of nitrogens with two attached hydrogens (primary N) is 2. The van der Waals surface area contributed by atoms with Crippen molar-refractivity contribution in [1.82, 2.24) is 16.0 Å². The van der Waals surface area contributed by atoms with Crippen LogP contribution < -0.4 is 27.4 Å². The maximum absolute atomic E-state index is 12.6. The number of aliphatic carboxylic acids is 1. The molecule has 11 nitrogen and oxygen atoms in total. The second kappa shape index (κ2) is 14.1. The summed E-state index contributed by atoms with van der Waals surface area (Å²) >= 11 is 1.43. The Morgan fingerprint density at radius 3 is 2.12 bits per heavy atom. The van der Waals surface area contributed by atoms with Gasteiger partial charge in [-0.3, -0.25) is 19.2 Å². The third-order valence-electron chi connectivity index (χ3n) is 4.65. The Kier molecular flexibility index (Phi) is 11.9. The fourth-order valence-electron chi connectivity index (χ4n) is 2.82. The van der Waals surface area contributed by atoms with Gasteiger partial charge in [0.05, 0.1) is 12.5 Å². The number of thioether (sulfide) groups is 1. The van der Waals surface area contributed by atoms with Gasteiger partial charge in [-0.25, -0.2) is 4.79 Å². The van der Waals surface area contributed by atoms with Crippen molar-refractivity contribution in [3.8, 4) is 0 Å². The van der Waals surface area contributed by atoms with E-state index in [0.29, 0.717) is 5.75 Å². The molecule has 0 aliphatic rings.